The van der Waals surface area contributed by atoms with Gasteiger partial charge in [0.05, 0.1) is 17.6 Å². The van der Waals surface area contributed by atoms with Gasteiger partial charge in [0.15, 0.2) is 0 Å². The number of nitrogens with one attached hydrogen (secondary N) is 1. The number of carboxylic acid groups (broad SMARTS) is 1. The molecule has 1 aliphatic heterocycles. The molecule has 5 heteroatoms. The number of nitrogens with zero attached hydrogens (tertiary/aromatic N) is 2. The lowest BCUT2D eigenvalue weighted by Crippen LogP contribution is -2.33. The summed E-state index contributed by atoms with van der Waals surface area (Å²) in [6.45, 7) is 1.12. The number of hydrogen-bond donors (Lipinski definition) is 2. The van der Waals surface area contributed by atoms with E-state index in [1.54, 1.807) is 10.9 Å². The SMILES string of the molecule is O=C(O)C1CNCc2cnn(-c3ccccc3)c21. The zero-order chi connectivity index (χ0) is 12.5. The summed E-state index contributed by atoms with van der Waals surface area (Å²) in [7, 11) is 0. The largest absolute Gasteiger partial charge is 0.481 e. The van der Waals surface area contributed by atoms with Crippen LogP contribution in [-0.4, -0.2) is 27.4 Å². The van der Waals surface area contributed by atoms with Crippen molar-refractivity contribution in [1.29, 1.82) is 0 Å². The van der Waals surface area contributed by atoms with Crippen LogP contribution in [0.1, 0.15) is 17.2 Å². The first-order valence-corrected chi connectivity index (χ1v) is 5.83. The van der Waals surface area contributed by atoms with Crippen LogP contribution in [0, 0.1) is 0 Å². The van der Waals surface area contributed by atoms with Crippen molar-refractivity contribution >= 4 is 5.97 Å². The van der Waals surface area contributed by atoms with E-state index in [1.807, 2.05) is 30.3 Å². The Labute approximate surface area is 104 Å². The summed E-state index contributed by atoms with van der Waals surface area (Å²) in [5, 5.41) is 16.7. The molecule has 0 fully saturated rings. The number of para-hydroxylation sites is 1. The maximum Gasteiger partial charge on any atom is 0.313 e. The molecule has 0 bridgehead atoms. The van der Waals surface area contributed by atoms with E-state index in [9.17, 15) is 9.90 Å². The predicted octanol–water partition coefficient (Wildman–Crippen LogP) is 1.14. The molecule has 18 heavy (non-hydrogen) atoms. The number of fused-ring (bicyclic) bond motifs is 1. The second-order valence-corrected chi connectivity index (χ2v) is 4.32. The molecule has 1 aromatic carbocycles. The van der Waals surface area contributed by atoms with Crippen molar-refractivity contribution in [3.63, 3.8) is 0 Å². The highest BCUT2D eigenvalue weighted by molar-refractivity contribution is 5.77. The number of carboxylic acids is 1. The lowest BCUT2D eigenvalue weighted by atomic mass is 9.98. The Morgan fingerprint density at radius 3 is 2.89 bits per heavy atom. The van der Waals surface area contributed by atoms with Crippen molar-refractivity contribution < 1.29 is 9.90 Å². The summed E-state index contributed by atoms with van der Waals surface area (Å²) >= 11 is 0. The Bertz CT molecular complexity index is 577. The van der Waals surface area contributed by atoms with Gasteiger partial charge in [-0.25, -0.2) is 4.68 Å². The molecule has 3 rings (SSSR count). The van der Waals surface area contributed by atoms with E-state index in [0.717, 1.165) is 16.9 Å². The highest BCUT2D eigenvalue weighted by Crippen LogP contribution is 2.26. The van der Waals surface area contributed by atoms with Gasteiger partial charge in [0, 0.05) is 18.7 Å². The molecule has 1 aromatic heterocycles. The highest BCUT2D eigenvalue weighted by atomic mass is 16.4. The van der Waals surface area contributed by atoms with Crippen molar-refractivity contribution in [2.24, 2.45) is 0 Å². The number of rotatable bonds is 2. The Morgan fingerprint density at radius 1 is 1.39 bits per heavy atom. The van der Waals surface area contributed by atoms with Crippen molar-refractivity contribution in [3.8, 4) is 5.69 Å². The third-order valence-electron chi connectivity index (χ3n) is 3.18. The first kappa shape index (κ1) is 11.0. The molecule has 1 atom stereocenters. The van der Waals surface area contributed by atoms with Gasteiger partial charge in [0.1, 0.15) is 5.92 Å². The smallest absolute Gasteiger partial charge is 0.313 e. The molecule has 2 aromatic rings. The molecule has 2 heterocycles. The first-order chi connectivity index (χ1) is 8.77. The van der Waals surface area contributed by atoms with Crippen molar-refractivity contribution in [1.82, 2.24) is 15.1 Å². The van der Waals surface area contributed by atoms with Gasteiger partial charge in [-0.1, -0.05) is 18.2 Å². The van der Waals surface area contributed by atoms with Crippen molar-refractivity contribution in [2.75, 3.05) is 6.54 Å². The Balaban J connectivity index is 2.13. The van der Waals surface area contributed by atoms with Crippen molar-refractivity contribution in [3.05, 3.63) is 47.8 Å². The van der Waals surface area contributed by atoms with E-state index in [4.69, 9.17) is 0 Å². The minimum Gasteiger partial charge on any atom is -0.481 e. The standard InChI is InChI=1S/C13H13N3O2/c17-13(18)11-8-14-6-9-7-15-16(12(9)11)10-4-2-1-3-5-10/h1-5,7,11,14H,6,8H2,(H,17,18). The third kappa shape index (κ3) is 1.69. The molecule has 0 radical (unpaired) electrons. The normalized spacial score (nSPS) is 18.3. The van der Waals surface area contributed by atoms with Crippen molar-refractivity contribution in [2.45, 2.75) is 12.5 Å². The third-order valence-corrected chi connectivity index (χ3v) is 3.18. The van der Waals surface area contributed by atoms with Gasteiger partial charge in [-0.15, -0.1) is 0 Å². The topological polar surface area (TPSA) is 67.2 Å². The number of benzene rings is 1. The fourth-order valence-corrected chi connectivity index (χ4v) is 2.33. The molecule has 92 valence electrons. The molecule has 0 amide bonds. The molecular formula is C13H13N3O2. The highest BCUT2D eigenvalue weighted by Gasteiger charge is 2.30. The lowest BCUT2D eigenvalue weighted by Gasteiger charge is -2.21. The summed E-state index contributed by atoms with van der Waals surface area (Å²) in [6, 6.07) is 9.61. The zero-order valence-electron chi connectivity index (χ0n) is 9.71. The summed E-state index contributed by atoms with van der Waals surface area (Å²) in [6.07, 6.45) is 1.74. The van der Waals surface area contributed by atoms with Gasteiger partial charge in [0.25, 0.3) is 0 Å². The predicted molar refractivity (Wildman–Crippen MR) is 65.6 cm³/mol. The Hall–Kier alpha value is -2.14. The van der Waals surface area contributed by atoms with Crippen LogP contribution in [0.3, 0.4) is 0 Å². The number of carbonyl (C=O) groups is 1. The molecular weight excluding hydrogens is 230 g/mol. The number of hydrogen-bond acceptors (Lipinski definition) is 3. The molecule has 1 aliphatic rings. The molecule has 0 aliphatic carbocycles. The van der Waals surface area contributed by atoms with Gasteiger partial charge in [-0.05, 0) is 12.1 Å². The van der Waals surface area contributed by atoms with Crippen LogP contribution in [0.5, 0.6) is 0 Å². The lowest BCUT2D eigenvalue weighted by molar-refractivity contribution is -0.139. The van der Waals surface area contributed by atoms with Crippen LogP contribution in [0.25, 0.3) is 5.69 Å². The molecule has 5 nitrogen and oxygen atoms in total. The quantitative estimate of drug-likeness (QED) is 0.830. The summed E-state index contributed by atoms with van der Waals surface area (Å²) in [5.41, 5.74) is 2.64. The molecule has 0 saturated heterocycles. The van der Waals surface area contributed by atoms with E-state index < -0.39 is 11.9 Å². The van der Waals surface area contributed by atoms with Gasteiger partial charge in [0.2, 0.25) is 0 Å². The van der Waals surface area contributed by atoms with Crippen LogP contribution in [0.2, 0.25) is 0 Å². The summed E-state index contributed by atoms with van der Waals surface area (Å²) < 4.78 is 1.73. The van der Waals surface area contributed by atoms with Crippen LogP contribution >= 0.6 is 0 Å². The maximum atomic E-state index is 11.3. The van der Waals surface area contributed by atoms with E-state index >= 15 is 0 Å². The Morgan fingerprint density at radius 2 is 2.17 bits per heavy atom. The van der Waals surface area contributed by atoms with Gasteiger partial charge >= 0.3 is 5.97 Å². The molecule has 1 unspecified atom stereocenters. The zero-order valence-corrected chi connectivity index (χ0v) is 9.71. The van der Waals surface area contributed by atoms with Crippen LogP contribution in [0.15, 0.2) is 36.5 Å². The maximum absolute atomic E-state index is 11.3. The van der Waals surface area contributed by atoms with Crippen LogP contribution in [0.4, 0.5) is 0 Å². The Kier molecular flexibility index (Phi) is 2.60. The second-order valence-electron chi connectivity index (χ2n) is 4.32. The fourth-order valence-electron chi connectivity index (χ4n) is 2.33. The number of aromatic nitrogens is 2. The molecule has 2 N–H and O–H groups in total. The molecule has 0 spiro atoms. The number of aliphatic carboxylic acids is 1. The van der Waals surface area contributed by atoms with Gasteiger partial charge < -0.3 is 10.4 Å². The summed E-state index contributed by atoms with van der Waals surface area (Å²) in [4.78, 5) is 11.3. The van der Waals surface area contributed by atoms with Crippen LogP contribution < -0.4 is 5.32 Å². The average Bonchev–Trinajstić information content (AvgIpc) is 2.83. The second kappa shape index (κ2) is 4.27. The first-order valence-electron chi connectivity index (χ1n) is 5.83. The van der Waals surface area contributed by atoms with Gasteiger partial charge in [-0.3, -0.25) is 4.79 Å². The van der Waals surface area contributed by atoms with Crippen LogP contribution in [-0.2, 0) is 11.3 Å². The fraction of sp³-hybridized carbons (Fsp3) is 0.231. The monoisotopic (exact) mass is 243 g/mol. The average molecular weight is 243 g/mol. The van der Waals surface area contributed by atoms with E-state index in [2.05, 4.69) is 10.4 Å². The van der Waals surface area contributed by atoms with E-state index in [-0.39, 0.29) is 0 Å². The molecule has 0 saturated carbocycles. The van der Waals surface area contributed by atoms with E-state index in [1.165, 1.54) is 0 Å². The summed E-state index contributed by atoms with van der Waals surface area (Å²) in [5.74, 6) is -1.36. The van der Waals surface area contributed by atoms with E-state index in [0.29, 0.717) is 13.1 Å². The van der Waals surface area contributed by atoms with Gasteiger partial charge in [-0.2, -0.15) is 5.10 Å². The minimum atomic E-state index is -0.818. The minimum absolute atomic E-state index is 0.445.